The number of hydrogen-bond donors (Lipinski definition) is 1. The van der Waals surface area contributed by atoms with E-state index in [0.29, 0.717) is 12.1 Å². The summed E-state index contributed by atoms with van der Waals surface area (Å²) in [5.74, 6) is 0.721. The Hall–Kier alpha value is -0.380. The molecule has 0 spiro atoms. The first kappa shape index (κ1) is 14.0. The van der Waals surface area contributed by atoms with Gasteiger partial charge >= 0.3 is 0 Å². The molecule has 0 bridgehead atoms. The SMILES string of the molecule is CCCC1CNC(C(C)C)CN1Cc1cccs1. The Morgan fingerprint density at radius 2 is 2.33 bits per heavy atom. The molecule has 1 saturated heterocycles. The fourth-order valence-corrected chi connectivity index (χ4v) is 3.47. The Kier molecular flexibility index (Phi) is 5.22. The molecule has 102 valence electrons. The number of thiophene rings is 1. The van der Waals surface area contributed by atoms with Crippen molar-refractivity contribution in [2.24, 2.45) is 5.92 Å². The van der Waals surface area contributed by atoms with Crippen LogP contribution >= 0.6 is 11.3 Å². The number of hydrogen-bond acceptors (Lipinski definition) is 3. The topological polar surface area (TPSA) is 15.3 Å². The van der Waals surface area contributed by atoms with Crippen LogP contribution in [0.25, 0.3) is 0 Å². The van der Waals surface area contributed by atoms with Crippen molar-refractivity contribution in [3.8, 4) is 0 Å². The van der Waals surface area contributed by atoms with Crippen molar-refractivity contribution in [3.63, 3.8) is 0 Å². The van der Waals surface area contributed by atoms with Gasteiger partial charge in [0.15, 0.2) is 0 Å². The molecular weight excluding hydrogens is 240 g/mol. The maximum atomic E-state index is 3.72. The Labute approximate surface area is 115 Å². The van der Waals surface area contributed by atoms with Gasteiger partial charge in [-0.1, -0.05) is 33.3 Å². The Balaban J connectivity index is 2.00. The molecule has 0 amide bonds. The molecule has 3 heteroatoms. The van der Waals surface area contributed by atoms with Gasteiger partial charge in [0.05, 0.1) is 0 Å². The number of nitrogens with one attached hydrogen (secondary N) is 1. The van der Waals surface area contributed by atoms with Crippen molar-refractivity contribution in [3.05, 3.63) is 22.4 Å². The third kappa shape index (κ3) is 3.56. The average Bonchev–Trinajstić information content (AvgIpc) is 2.84. The number of nitrogens with zero attached hydrogens (tertiary/aromatic N) is 1. The molecule has 1 aromatic heterocycles. The van der Waals surface area contributed by atoms with Crippen molar-refractivity contribution < 1.29 is 0 Å². The minimum Gasteiger partial charge on any atom is -0.311 e. The zero-order valence-electron chi connectivity index (χ0n) is 11.9. The van der Waals surface area contributed by atoms with Crippen LogP contribution in [-0.4, -0.2) is 30.1 Å². The molecule has 1 fully saturated rings. The molecule has 18 heavy (non-hydrogen) atoms. The molecule has 0 aromatic carbocycles. The van der Waals surface area contributed by atoms with E-state index in [1.807, 2.05) is 11.3 Å². The highest BCUT2D eigenvalue weighted by molar-refractivity contribution is 7.09. The summed E-state index contributed by atoms with van der Waals surface area (Å²) in [4.78, 5) is 4.19. The van der Waals surface area contributed by atoms with Gasteiger partial charge < -0.3 is 5.32 Å². The fourth-order valence-electron chi connectivity index (χ4n) is 2.74. The van der Waals surface area contributed by atoms with Crippen LogP contribution in [0.2, 0.25) is 0 Å². The van der Waals surface area contributed by atoms with Crippen molar-refractivity contribution >= 4 is 11.3 Å². The van der Waals surface area contributed by atoms with Crippen LogP contribution in [0.3, 0.4) is 0 Å². The minimum absolute atomic E-state index is 0.651. The summed E-state index contributed by atoms with van der Waals surface area (Å²) in [5.41, 5.74) is 0. The van der Waals surface area contributed by atoms with Crippen LogP contribution < -0.4 is 5.32 Å². The molecule has 2 rings (SSSR count). The molecule has 0 aliphatic carbocycles. The second kappa shape index (κ2) is 6.69. The monoisotopic (exact) mass is 266 g/mol. The second-order valence-electron chi connectivity index (χ2n) is 5.71. The lowest BCUT2D eigenvalue weighted by Crippen LogP contribution is -2.57. The molecule has 2 heterocycles. The quantitative estimate of drug-likeness (QED) is 0.879. The van der Waals surface area contributed by atoms with Gasteiger partial charge in [-0.2, -0.15) is 0 Å². The smallest absolute Gasteiger partial charge is 0.0332 e. The molecule has 1 aromatic rings. The van der Waals surface area contributed by atoms with Gasteiger partial charge in [0.25, 0.3) is 0 Å². The summed E-state index contributed by atoms with van der Waals surface area (Å²) in [5, 5.41) is 5.91. The third-order valence-electron chi connectivity index (χ3n) is 3.93. The van der Waals surface area contributed by atoms with Crippen molar-refractivity contribution in [2.45, 2.75) is 52.2 Å². The molecular formula is C15H26N2S. The molecule has 0 radical (unpaired) electrons. The third-order valence-corrected chi connectivity index (χ3v) is 4.79. The predicted molar refractivity (Wildman–Crippen MR) is 80.1 cm³/mol. The van der Waals surface area contributed by atoms with E-state index in [0.717, 1.165) is 19.0 Å². The number of rotatable bonds is 5. The highest BCUT2D eigenvalue weighted by Gasteiger charge is 2.28. The van der Waals surface area contributed by atoms with Gasteiger partial charge in [-0.25, -0.2) is 0 Å². The van der Waals surface area contributed by atoms with Gasteiger partial charge in [-0.05, 0) is 23.8 Å². The summed E-state index contributed by atoms with van der Waals surface area (Å²) in [6.45, 7) is 10.4. The van der Waals surface area contributed by atoms with E-state index >= 15 is 0 Å². The summed E-state index contributed by atoms with van der Waals surface area (Å²) in [6.07, 6.45) is 2.59. The van der Waals surface area contributed by atoms with Crippen LogP contribution in [0.5, 0.6) is 0 Å². The first-order chi connectivity index (χ1) is 8.70. The zero-order valence-corrected chi connectivity index (χ0v) is 12.7. The highest BCUT2D eigenvalue weighted by atomic mass is 32.1. The van der Waals surface area contributed by atoms with Gasteiger partial charge in [-0.3, -0.25) is 4.90 Å². The summed E-state index contributed by atoms with van der Waals surface area (Å²) in [7, 11) is 0. The fraction of sp³-hybridized carbons (Fsp3) is 0.733. The van der Waals surface area contributed by atoms with E-state index in [2.05, 4.69) is 48.5 Å². The number of piperazine rings is 1. The maximum Gasteiger partial charge on any atom is 0.0332 e. The molecule has 2 unspecified atom stereocenters. The lowest BCUT2D eigenvalue weighted by atomic mass is 9.97. The summed E-state index contributed by atoms with van der Waals surface area (Å²) < 4.78 is 0. The Bertz CT molecular complexity index is 334. The van der Waals surface area contributed by atoms with Crippen LogP contribution in [-0.2, 0) is 6.54 Å². The minimum atomic E-state index is 0.651. The lowest BCUT2D eigenvalue weighted by Gasteiger charge is -2.41. The van der Waals surface area contributed by atoms with Gasteiger partial charge in [0, 0.05) is 36.6 Å². The van der Waals surface area contributed by atoms with Gasteiger partial charge in [-0.15, -0.1) is 11.3 Å². The van der Waals surface area contributed by atoms with E-state index in [1.165, 1.54) is 24.3 Å². The largest absolute Gasteiger partial charge is 0.311 e. The lowest BCUT2D eigenvalue weighted by molar-refractivity contribution is 0.101. The molecule has 2 nitrogen and oxygen atoms in total. The second-order valence-corrected chi connectivity index (χ2v) is 6.74. The van der Waals surface area contributed by atoms with Crippen LogP contribution in [0, 0.1) is 5.92 Å². The van der Waals surface area contributed by atoms with Gasteiger partial charge in [0.1, 0.15) is 0 Å². The maximum absolute atomic E-state index is 3.72. The highest BCUT2D eigenvalue weighted by Crippen LogP contribution is 2.20. The Morgan fingerprint density at radius 3 is 2.94 bits per heavy atom. The molecule has 1 N–H and O–H groups in total. The molecule has 2 atom stereocenters. The van der Waals surface area contributed by atoms with Crippen LogP contribution in [0.4, 0.5) is 0 Å². The predicted octanol–water partition coefficient (Wildman–Crippen LogP) is 3.35. The molecule has 0 saturated carbocycles. The molecule has 1 aliphatic rings. The molecule has 1 aliphatic heterocycles. The van der Waals surface area contributed by atoms with Crippen molar-refractivity contribution in [1.29, 1.82) is 0 Å². The van der Waals surface area contributed by atoms with E-state index in [1.54, 1.807) is 0 Å². The van der Waals surface area contributed by atoms with Crippen molar-refractivity contribution in [1.82, 2.24) is 10.2 Å². The Morgan fingerprint density at radius 1 is 1.50 bits per heavy atom. The first-order valence-electron chi connectivity index (χ1n) is 7.20. The zero-order chi connectivity index (χ0) is 13.0. The normalized spacial score (nSPS) is 25.8. The first-order valence-corrected chi connectivity index (χ1v) is 8.08. The van der Waals surface area contributed by atoms with Crippen LogP contribution in [0.15, 0.2) is 17.5 Å². The average molecular weight is 266 g/mol. The van der Waals surface area contributed by atoms with E-state index in [4.69, 9.17) is 0 Å². The van der Waals surface area contributed by atoms with E-state index in [-0.39, 0.29) is 0 Å². The van der Waals surface area contributed by atoms with E-state index < -0.39 is 0 Å². The van der Waals surface area contributed by atoms with Gasteiger partial charge in [0.2, 0.25) is 0 Å². The van der Waals surface area contributed by atoms with E-state index in [9.17, 15) is 0 Å². The standard InChI is InChI=1S/C15H26N2S/c1-4-6-13-9-16-15(12(2)3)11-17(13)10-14-7-5-8-18-14/h5,7-8,12-13,15-16H,4,6,9-11H2,1-3H3. The summed E-state index contributed by atoms with van der Waals surface area (Å²) >= 11 is 1.88. The van der Waals surface area contributed by atoms with Crippen molar-refractivity contribution in [2.75, 3.05) is 13.1 Å². The van der Waals surface area contributed by atoms with Crippen LogP contribution in [0.1, 0.15) is 38.5 Å². The summed E-state index contributed by atoms with van der Waals surface area (Å²) in [6, 6.07) is 5.79.